The molecule has 1 spiro atoms. The highest BCUT2D eigenvalue weighted by molar-refractivity contribution is 7.90. The third-order valence-corrected chi connectivity index (χ3v) is 19.0. The molecule has 15 heteroatoms. The second kappa shape index (κ2) is 11.3. The Balaban J connectivity index is 2.31. The van der Waals surface area contributed by atoms with Gasteiger partial charge in [-0.25, -0.2) is 13.5 Å². The maximum atomic E-state index is 13.7. The zero-order valence-corrected chi connectivity index (χ0v) is 29.4. The fourth-order valence-electron chi connectivity index (χ4n) is 4.40. The first kappa shape index (κ1) is 34.6. The Hall–Kier alpha value is -1.86. The highest BCUT2D eigenvalue weighted by Gasteiger charge is 2.67. The van der Waals surface area contributed by atoms with E-state index in [1.54, 1.807) is 6.92 Å². The average Bonchev–Trinajstić information content (AvgIpc) is 3.25. The predicted molar refractivity (Wildman–Crippen MR) is 166 cm³/mol. The van der Waals surface area contributed by atoms with Gasteiger partial charge in [-0.05, 0) is 49.3 Å². The molecule has 0 aliphatic carbocycles. The van der Waals surface area contributed by atoms with Crippen molar-refractivity contribution in [2.45, 2.75) is 109 Å². The second-order valence-electron chi connectivity index (χ2n) is 14.1. The minimum Gasteiger partial charge on any atom is -0.414 e. The minimum absolute atomic E-state index is 0.0772. The largest absolute Gasteiger partial charge is 0.414 e. The van der Waals surface area contributed by atoms with E-state index in [0.29, 0.717) is 0 Å². The molecule has 42 heavy (non-hydrogen) atoms. The SMILES string of the molecule is Cc1cn(C2OC(CO[Si](C)(C)C(C)(C)C)C3(OS(=O)(=O)C=C3N)C2O[Si](C)(C)C(C)(C)C)c(=O)n(/C=C\CO)c1=O. The summed E-state index contributed by atoms with van der Waals surface area (Å²) < 4.78 is 53.6. The Morgan fingerprint density at radius 2 is 1.67 bits per heavy atom. The van der Waals surface area contributed by atoms with Crippen molar-refractivity contribution in [2.24, 2.45) is 5.73 Å². The summed E-state index contributed by atoms with van der Waals surface area (Å²) in [6.45, 7) is 21.5. The molecule has 0 radical (unpaired) electrons. The first-order chi connectivity index (χ1) is 18.9. The van der Waals surface area contributed by atoms with E-state index in [9.17, 15) is 23.1 Å². The van der Waals surface area contributed by atoms with Crippen molar-refractivity contribution in [3.63, 3.8) is 0 Å². The Bertz CT molecular complexity index is 1480. The van der Waals surface area contributed by atoms with Crippen LogP contribution >= 0.6 is 0 Å². The molecule has 2 aliphatic heterocycles. The van der Waals surface area contributed by atoms with Gasteiger partial charge in [0.1, 0.15) is 12.2 Å². The van der Waals surface area contributed by atoms with E-state index in [4.69, 9.17) is 23.5 Å². The zero-order chi connectivity index (χ0) is 32.3. The van der Waals surface area contributed by atoms with Gasteiger partial charge in [0.2, 0.25) is 0 Å². The van der Waals surface area contributed by atoms with Gasteiger partial charge in [-0.1, -0.05) is 41.5 Å². The first-order valence-electron chi connectivity index (χ1n) is 13.9. The van der Waals surface area contributed by atoms with Crippen LogP contribution in [0.15, 0.2) is 33.0 Å². The molecule has 3 N–H and O–H groups in total. The molecule has 0 amide bonds. The highest BCUT2D eigenvalue weighted by Crippen LogP contribution is 2.52. The number of aromatic nitrogens is 2. The lowest BCUT2D eigenvalue weighted by molar-refractivity contribution is -0.0565. The molecule has 238 valence electrons. The third-order valence-electron chi connectivity index (χ3n) is 9.02. The van der Waals surface area contributed by atoms with Gasteiger partial charge in [-0.3, -0.25) is 9.36 Å². The number of aryl methyl sites for hydroxylation is 1. The summed E-state index contributed by atoms with van der Waals surface area (Å²) in [4.78, 5) is 26.6. The predicted octanol–water partition coefficient (Wildman–Crippen LogP) is 2.99. The van der Waals surface area contributed by atoms with E-state index < -0.39 is 62.0 Å². The number of nitrogens with two attached hydrogens (primary N) is 1. The lowest BCUT2D eigenvalue weighted by Crippen LogP contribution is -2.59. The molecule has 2 aliphatic rings. The summed E-state index contributed by atoms with van der Waals surface area (Å²) in [6.07, 6.45) is 0.273. The summed E-state index contributed by atoms with van der Waals surface area (Å²) in [7, 11) is -9.32. The van der Waals surface area contributed by atoms with E-state index in [2.05, 4.69) is 33.9 Å². The van der Waals surface area contributed by atoms with Crippen LogP contribution in [0.1, 0.15) is 53.3 Å². The van der Waals surface area contributed by atoms with Gasteiger partial charge in [0.25, 0.3) is 15.7 Å². The zero-order valence-electron chi connectivity index (χ0n) is 26.5. The van der Waals surface area contributed by atoms with Crippen LogP contribution in [0.3, 0.4) is 0 Å². The van der Waals surface area contributed by atoms with Gasteiger partial charge < -0.3 is 24.4 Å². The summed E-state index contributed by atoms with van der Waals surface area (Å²) in [5.41, 5.74) is 3.41. The topological polar surface area (TPSA) is 161 Å². The molecule has 1 fully saturated rings. The Morgan fingerprint density at radius 1 is 1.10 bits per heavy atom. The van der Waals surface area contributed by atoms with Crippen molar-refractivity contribution in [1.29, 1.82) is 0 Å². The Morgan fingerprint density at radius 3 is 2.14 bits per heavy atom. The number of ether oxygens (including phenoxy) is 1. The first-order valence-corrected chi connectivity index (χ1v) is 21.2. The van der Waals surface area contributed by atoms with Crippen LogP contribution in [-0.4, -0.2) is 70.3 Å². The van der Waals surface area contributed by atoms with Gasteiger partial charge in [-0.15, -0.1) is 0 Å². The second-order valence-corrected chi connectivity index (χ2v) is 25.0. The van der Waals surface area contributed by atoms with E-state index >= 15 is 0 Å². The van der Waals surface area contributed by atoms with Crippen LogP contribution in [-0.2, 0) is 27.9 Å². The van der Waals surface area contributed by atoms with Crippen LogP contribution in [0.2, 0.25) is 36.3 Å². The quantitative estimate of drug-likeness (QED) is 0.318. The van der Waals surface area contributed by atoms with Crippen molar-refractivity contribution in [2.75, 3.05) is 13.2 Å². The number of aliphatic hydroxyl groups is 1. The number of aliphatic hydroxyl groups excluding tert-OH is 1. The van der Waals surface area contributed by atoms with E-state index in [-0.39, 0.29) is 34.6 Å². The van der Waals surface area contributed by atoms with Gasteiger partial charge in [-0.2, -0.15) is 8.42 Å². The number of rotatable bonds is 8. The summed E-state index contributed by atoms with van der Waals surface area (Å²) in [5.74, 6) is 0. The third kappa shape index (κ3) is 6.20. The van der Waals surface area contributed by atoms with Gasteiger partial charge in [0.15, 0.2) is 28.5 Å². The molecule has 1 aromatic heterocycles. The maximum absolute atomic E-state index is 13.7. The molecular formula is C27H47N3O9SSi2. The lowest BCUT2D eigenvalue weighted by atomic mass is 9.89. The van der Waals surface area contributed by atoms with Gasteiger partial charge in [0, 0.05) is 18.0 Å². The van der Waals surface area contributed by atoms with E-state index in [0.717, 1.165) is 9.98 Å². The van der Waals surface area contributed by atoms with Crippen LogP contribution in [0.4, 0.5) is 0 Å². The molecule has 4 atom stereocenters. The average molecular weight is 646 g/mol. The molecule has 3 heterocycles. The molecular weight excluding hydrogens is 599 g/mol. The normalized spacial score (nSPS) is 26.9. The van der Waals surface area contributed by atoms with Crippen LogP contribution in [0.5, 0.6) is 0 Å². The molecule has 1 saturated heterocycles. The maximum Gasteiger partial charge on any atom is 0.337 e. The van der Waals surface area contributed by atoms with Crippen LogP contribution < -0.4 is 17.0 Å². The van der Waals surface area contributed by atoms with E-state index in [1.165, 1.54) is 23.0 Å². The molecule has 0 bridgehead atoms. The van der Waals surface area contributed by atoms with Crippen LogP contribution in [0, 0.1) is 6.92 Å². The van der Waals surface area contributed by atoms with Gasteiger partial charge >= 0.3 is 5.69 Å². The summed E-state index contributed by atoms with van der Waals surface area (Å²) in [6, 6.07) is 0. The fourth-order valence-corrected chi connectivity index (χ4v) is 7.91. The van der Waals surface area contributed by atoms with Crippen molar-refractivity contribution in [3.8, 4) is 0 Å². The Kier molecular flexibility index (Phi) is 9.28. The molecule has 0 aromatic carbocycles. The molecule has 3 rings (SSSR count). The van der Waals surface area contributed by atoms with Gasteiger partial charge in [0.05, 0.1) is 24.3 Å². The van der Waals surface area contributed by atoms with E-state index in [1.807, 2.05) is 33.9 Å². The monoisotopic (exact) mass is 645 g/mol. The van der Waals surface area contributed by atoms with Crippen molar-refractivity contribution < 1.29 is 31.3 Å². The van der Waals surface area contributed by atoms with Crippen molar-refractivity contribution >= 4 is 33.0 Å². The highest BCUT2D eigenvalue weighted by atomic mass is 32.2. The molecule has 12 nitrogen and oxygen atoms in total. The number of hydrogen-bond acceptors (Lipinski definition) is 10. The molecule has 0 saturated carbocycles. The number of nitrogens with zero attached hydrogens (tertiary/aromatic N) is 2. The fraction of sp³-hybridized carbons (Fsp3) is 0.704. The summed E-state index contributed by atoms with van der Waals surface area (Å²) in [5, 5.41) is 9.65. The standard InChI is InChI=1S/C27H47N3O9SSi2/c1-18-15-30(24(33)29(22(18)32)13-12-14-31)23-21(38-42(10,11)26(5,6)7)27(19(28)17-40(34,35)39-27)20(37-23)16-36-41(8,9)25(2,3)4/h12-13,15,17,20-21,23,31H,14,16,28H2,1-11H3/b13-12-. The Labute approximate surface area is 250 Å². The molecule has 4 unspecified atom stereocenters. The summed E-state index contributed by atoms with van der Waals surface area (Å²) >= 11 is 0. The lowest BCUT2D eigenvalue weighted by Gasteiger charge is -2.43. The smallest absolute Gasteiger partial charge is 0.337 e. The van der Waals surface area contributed by atoms with Crippen molar-refractivity contribution in [3.05, 3.63) is 49.8 Å². The minimum atomic E-state index is -4.23. The van der Waals surface area contributed by atoms with Crippen LogP contribution in [0.25, 0.3) is 6.20 Å². The number of hydrogen-bond donors (Lipinski definition) is 2. The van der Waals surface area contributed by atoms with Crippen molar-refractivity contribution in [1.82, 2.24) is 9.13 Å². The molecule has 1 aromatic rings.